The summed E-state index contributed by atoms with van der Waals surface area (Å²) in [5, 5.41) is 3.86. The summed E-state index contributed by atoms with van der Waals surface area (Å²) < 4.78 is 1.16. The van der Waals surface area contributed by atoms with Crippen LogP contribution in [0.4, 0.5) is 0 Å². The summed E-state index contributed by atoms with van der Waals surface area (Å²) in [5.41, 5.74) is 1.39. The summed E-state index contributed by atoms with van der Waals surface area (Å²) in [5.74, 6) is 0.886. The zero-order valence-electron chi connectivity index (χ0n) is 12.2. The average Bonchev–Trinajstić information content (AvgIpc) is 2.46. The highest BCUT2D eigenvalue weighted by atomic mass is 79.9. The van der Waals surface area contributed by atoms with Gasteiger partial charge in [0.2, 0.25) is 0 Å². The van der Waals surface area contributed by atoms with E-state index >= 15 is 0 Å². The molecule has 1 aliphatic rings. The van der Waals surface area contributed by atoms with E-state index in [0.29, 0.717) is 12.1 Å². The summed E-state index contributed by atoms with van der Waals surface area (Å²) >= 11 is 3.50. The highest BCUT2D eigenvalue weighted by molar-refractivity contribution is 9.10. The Morgan fingerprint density at radius 2 is 1.79 bits per heavy atom. The molecule has 0 radical (unpaired) electrons. The van der Waals surface area contributed by atoms with Gasteiger partial charge in [-0.2, -0.15) is 0 Å². The Kier molecular flexibility index (Phi) is 5.90. The molecule has 1 aromatic carbocycles. The molecule has 2 heteroatoms. The predicted molar refractivity (Wildman–Crippen MR) is 86.3 cm³/mol. The number of hydrogen-bond donors (Lipinski definition) is 1. The first-order chi connectivity index (χ1) is 9.20. The van der Waals surface area contributed by atoms with Crippen molar-refractivity contribution in [1.29, 1.82) is 0 Å². The maximum atomic E-state index is 3.86. The molecule has 2 unspecified atom stereocenters. The highest BCUT2D eigenvalue weighted by Gasteiger charge is 2.23. The number of benzene rings is 1. The SMILES string of the molecule is CCC(NC(C)c1ccc(Br)cc1)C1CCCCC1. The molecule has 19 heavy (non-hydrogen) atoms. The molecule has 0 saturated heterocycles. The standard InChI is InChI=1S/C17H26BrN/c1-3-17(15-7-5-4-6-8-15)19-13(2)14-9-11-16(18)12-10-14/h9-13,15,17,19H,3-8H2,1-2H3. The molecule has 0 spiro atoms. The first-order valence-electron chi connectivity index (χ1n) is 7.72. The van der Waals surface area contributed by atoms with E-state index in [1.54, 1.807) is 0 Å². The van der Waals surface area contributed by atoms with E-state index in [1.165, 1.54) is 44.1 Å². The molecule has 2 atom stereocenters. The summed E-state index contributed by atoms with van der Waals surface area (Å²) in [6.45, 7) is 4.61. The lowest BCUT2D eigenvalue weighted by Gasteiger charge is -2.32. The van der Waals surface area contributed by atoms with E-state index in [1.807, 2.05) is 0 Å². The van der Waals surface area contributed by atoms with Crippen molar-refractivity contribution in [2.75, 3.05) is 0 Å². The quantitative estimate of drug-likeness (QED) is 0.758. The lowest BCUT2D eigenvalue weighted by atomic mass is 9.82. The van der Waals surface area contributed by atoms with E-state index in [9.17, 15) is 0 Å². The fourth-order valence-corrected chi connectivity index (χ4v) is 3.56. The first kappa shape index (κ1) is 15.1. The molecule has 106 valence electrons. The summed E-state index contributed by atoms with van der Waals surface area (Å²) in [7, 11) is 0. The zero-order chi connectivity index (χ0) is 13.7. The van der Waals surface area contributed by atoms with Gasteiger partial charge in [0.1, 0.15) is 0 Å². The van der Waals surface area contributed by atoms with Crippen LogP contribution in [0.3, 0.4) is 0 Å². The van der Waals surface area contributed by atoms with Gasteiger partial charge in [0, 0.05) is 16.6 Å². The van der Waals surface area contributed by atoms with Crippen LogP contribution >= 0.6 is 15.9 Å². The maximum absolute atomic E-state index is 3.86. The van der Waals surface area contributed by atoms with Crippen LogP contribution < -0.4 is 5.32 Å². The Labute approximate surface area is 126 Å². The van der Waals surface area contributed by atoms with Crippen LogP contribution in [0.1, 0.15) is 64.0 Å². The molecule has 1 nitrogen and oxygen atoms in total. The first-order valence-corrected chi connectivity index (χ1v) is 8.51. The second-order valence-corrected chi connectivity index (χ2v) is 6.77. The lowest BCUT2D eigenvalue weighted by molar-refractivity contribution is 0.249. The summed E-state index contributed by atoms with van der Waals surface area (Å²) in [4.78, 5) is 0. The molecule has 2 rings (SSSR count). The molecule has 1 aromatic rings. The van der Waals surface area contributed by atoms with Crippen LogP contribution in [0.25, 0.3) is 0 Å². The topological polar surface area (TPSA) is 12.0 Å². The summed E-state index contributed by atoms with van der Waals surface area (Å²) in [6.07, 6.45) is 8.36. The third kappa shape index (κ3) is 4.32. The number of nitrogens with one attached hydrogen (secondary N) is 1. The fraction of sp³-hybridized carbons (Fsp3) is 0.647. The van der Waals surface area contributed by atoms with E-state index < -0.39 is 0 Å². The zero-order valence-corrected chi connectivity index (χ0v) is 13.7. The molecule has 1 N–H and O–H groups in total. The second-order valence-electron chi connectivity index (χ2n) is 5.85. The van der Waals surface area contributed by atoms with Crippen LogP contribution in [0.2, 0.25) is 0 Å². The van der Waals surface area contributed by atoms with Crippen molar-refractivity contribution in [2.24, 2.45) is 5.92 Å². The molecule has 0 heterocycles. The van der Waals surface area contributed by atoms with E-state index in [-0.39, 0.29) is 0 Å². The predicted octanol–water partition coefficient (Wildman–Crippen LogP) is 5.46. The van der Waals surface area contributed by atoms with Gasteiger partial charge in [0.25, 0.3) is 0 Å². The Hall–Kier alpha value is -0.340. The number of halogens is 1. The fourth-order valence-electron chi connectivity index (χ4n) is 3.29. The Morgan fingerprint density at radius 3 is 2.37 bits per heavy atom. The highest BCUT2D eigenvalue weighted by Crippen LogP contribution is 2.29. The third-order valence-electron chi connectivity index (χ3n) is 4.49. The molecular formula is C17H26BrN. The molecule has 0 amide bonds. The van der Waals surface area contributed by atoms with Gasteiger partial charge in [0.05, 0.1) is 0 Å². The van der Waals surface area contributed by atoms with Crippen molar-refractivity contribution in [3.05, 3.63) is 34.3 Å². The van der Waals surface area contributed by atoms with Crippen molar-refractivity contribution in [2.45, 2.75) is 64.5 Å². The Balaban J connectivity index is 1.95. The maximum Gasteiger partial charge on any atom is 0.0294 e. The van der Waals surface area contributed by atoms with Gasteiger partial charge >= 0.3 is 0 Å². The summed E-state index contributed by atoms with van der Waals surface area (Å²) in [6, 6.07) is 9.83. The monoisotopic (exact) mass is 323 g/mol. The molecule has 1 saturated carbocycles. The smallest absolute Gasteiger partial charge is 0.0294 e. The minimum absolute atomic E-state index is 0.444. The van der Waals surface area contributed by atoms with Crippen molar-refractivity contribution >= 4 is 15.9 Å². The van der Waals surface area contributed by atoms with E-state index in [2.05, 4.69) is 59.4 Å². The lowest BCUT2D eigenvalue weighted by Crippen LogP contribution is -2.38. The Morgan fingerprint density at radius 1 is 1.16 bits per heavy atom. The number of rotatable bonds is 5. The third-order valence-corrected chi connectivity index (χ3v) is 5.02. The minimum Gasteiger partial charge on any atom is -0.307 e. The van der Waals surface area contributed by atoms with Crippen molar-refractivity contribution in [3.63, 3.8) is 0 Å². The van der Waals surface area contributed by atoms with Crippen molar-refractivity contribution in [3.8, 4) is 0 Å². The van der Waals surface area contributed by atoms with Gasteiger partial charge in [-0.3, -0.25) is 0 Å². The van der Waals surface area contributed by atoms with Crippen LogP contribution in [-0.4, -0.2) is 6.04 Å². The van der Waals surface area contributed by atoms with Gasteiger partial charge in [-0.05, 0) is 49.8 Å². The van der Waals surface area contributed by atoms with Crippen LogP contribution in [-0.2, 0) is 0 Å². The van der Waals surface area contributed by atoms with Gasteiger partial charge in [-0.1, -0.05) is 54.2 Å². The van der Waals surface area contributed by atoms with Crippen LogP contribution in [0.5, 0.6) is 0 Å². The Bertz CT molecular complexity index is 367. The van der Waals surface area contributed by atoms with Gasteiger partial charge in [0.15, 0.2) is 0 Å². The molecular weight excluding hydrogens is 298 g/mol. The largest absolute Gasteiger partial charge is 0.307 e. The number of hydrogen-bond acceptors (Lipinski definition) is 1. The minimum atomic E-state index is 0.444. The van der Waals surface area contributed by atoms with E-state index in [4.69, 9.17) is 0 Å². The average molecular weight is 324 g/mol. The molecule has 1 fully saturated rings. The van der Waals surface area contributed by atoms with Crippen molar-refractivity contribution in [1.82, 2.24) is 5.32 Å². The van der Waals surface area contributed by atoms with Gasteiger partial charge < -0.3 is 5.32 Å². The molecule has 1 aliphatic carbocycles. The van der Waals surface area contributed by atoms with Gasteiger partial charge in [-0.15, -0.1) is 0 Å². The normalized spacial score (nSPS) is 20.2. The van der Waals surface area contributed by atoms with Gasteiger partial charge in [-0.25, -0.2) is 0 Å². The van der Waals surface area contributed by atoms with Crippen molar-refractivity contribution < 1.29 is 0 Å². The van der Waals surface area contributed by atoms with Crippen LogP contribution in [0.15, 0.2) is 28.7 Å². The molecule has 0 aliphatic heterocycles. The second kappa shape index (κ2) is 7.44. The molecule has 0 aromatic heterocycles. The van der Waals surface area contributed by atoms with E-state index in [0.717, 1.165) is 10.4 Å². The molecule has 0 bridgehead atoms. The van der Waals surface area contributed by atoms with Crippen LogP contribution in [0, 0.1) is 5.92 Å².